The molecule has 0 unspecified atom stereocenters. The number of nitrogens with zero attached hydrogens (tertiary/aromatic N) is 3. The summed E-state index contributed by atoms with van der Waals surface area (Å²) in [6.07, 6.45) is 0. The molecular weight excluding hydrogens is 531 g/mol. The van der Waals surface area contributed by atoms with E-state index in [1.165, 1.54) is 15.9 Å². The highest BCUT2D eigenvalue weighted by Gasteiger charge is 2.28. The van der Waals surface area contributed by atoms with E-state index in [-0.39, 0.29) is 0 Å². The summed E-state index contributed by atoms with van der Waals surface area (Å²) in [5, 5.41) is 3.76. The number of pyridine rings is 3. The zero-order valence-electron chi connectivity index (χ0n) is 21.0. The molecule has 6 bridgehead atoms. The van der Waals surface area contributed by atoms with Crippen molar-refractivity contribution >= 4 is 72.3 Å². The van der Waals surface area contributed by atoms with Crippen LogP contribution in [0.2, 0.25) is 0 Å². The predicted octanol–water partition coefficient (Wildman–Crippen LogP) is 3.46. The van der Waals surface area contributed by atoms with Crippen LogP contribution in [0.1, 0.15) is 0 Å². The van der Waals surface area contributed by atoms with Gasteiger partial charge in [-0.1, -0.05) is 109 Å². The lowest BCUT2D eigenvalue weighted by Crippen LogP contribution is -2.36. The molecule has 3 aromatic heterocycles. The Bertz CT molecular complexity index is 1470. The average Bonchev–Trinajstić information content (AvgIpc) is 3.00. The van der Waals surface area contributed by atoms with E-state index < -0.39 is 23.8 Å². The van der Waals surface area contributed by atoms with Gasteiger partial charge in [0.25, 0.3) is 0 Å². The fourth-order valence-corrected chi connectivity index (χ4v) is 11.5. The minimum absolute atomic E-state index is 0.940. The van der Waals surface area contributed by atoms with Gasteiger partial charge in [0, 0.05) is 23.8 Å². The van der Waals surface area contributed by atoms with Crippen molar-refractivity contribution in [3.05, 3.63) is 146 Å². The molecule has 0 aliphatic carbocycles. The van der Waals surface area contributed by atoms with Crippen molar-refractivity contribution in [1.29, 1.82) is 0 Å². The van der Waals surface area contributed by atoms with E-state index in [0.29, 0.717) is 0 Å². The highest BCUT2D eigenvalue weighted by Crippen LogP contribution is 2.37. The summed E-state index contributed by atoms with van der Waals surface area (Å²) in [5.41, 5.74) is 6.43. The molecule has 4 heterocycles. The average molecular weight is 555 g/mol. The second-order valence-corrected chi connectivity index (χ2v) is 15.4. The number of hydrogen-bond acceptors (Lipinski definition) is 3. The topological polar surface area (TPSA) is 38.7 Å². The van der Waals surface area contributed by atoms with Gasteiger partial charge >= 0.3 is 0 Å². The largest absolute Gasteiger partial charge is 0.247 e. The Labute approximate surface area is 232 Å². The van der Waals surface area contributed by atoms with Crippen molar-refractivity contribution < 1.29 is 0 Å². The minimum Gasteiger partial charge on any atom is -0.247 e. The van der Waals surface area contributed by atoms with E-state index in [9.17, 15) is 0 Å². The second-order valence-electron chi connectivity index (χ2n) is 9.07. The van der Waals surface area contributed by atoms with Crippen LogP contribution in [0.25, 0.3) is 0 Å². The molecule has 6 aromatic rings. The molecule has 0 atom stereocenters. The summed E-state index contributed by atoms with van der Waals surface area (Å²) in [4.78, 5) is 16.2. The fraction of sp³-hybridized carbons (Fsp3) is 0. The number of hydrogen-bond donors (Lipinski definition) is 0. The third-order valence-corrected chi connectivity index (χ3v) is 13.3. The molecule has 3 nitrogen and oxygen atoms in total. The van der Waals surface area contributed by atoms with E-state index in [1.807, 2.05) is 0 Å². The third kappa shape index (κ3) is 4.84. The van der Waals surface area contributed by atoms with Gasteiger partial charge in [0.2, 0.25) is 0 Å². The lowest BCUT2D eigenvalue weighted by molar-refractivity contribution is 1.41. The van der Waals surface area contributed by atoms with Crippen molar-refractivity contribution in [3.63, 3.8) is 0 Å². The second kappa shape index (κ2) is 10.9. The molecule has 7 rings (SSSR count). The van der Waals surface area contributed by atoms with E-state index in [4.69, 9.17) is 15.0 Å². The van der Waals surface area contributed by atoms with E-state index in [0.717, 1.165) is 32.6 Å². The predicted molar refractivity (Wildman–Crippen MR) is 170 cm³/mol. The third-order valence-electron chi connectivity index (χ3n) is 6.58. The summed E-state index contributed by atoms with van der Waals surface area (Å²) in [7, 11) is -2.82. The van der Waals surface area contributed by atoms with Gasteiger partial charge in [-0.2, -0.15) is 0 Å². The van der Waals surface area contributed by atoms with Gasteiger partial charge in [0.15, 0.2) is 0 Å². The standard InChI is InChI=1S/C33H24N3P3/c1-4-13-25(14-5-1)37-28-19-10-21-30(34-28)38(26-15-6-2-7-16-26)32-23-12-24-33(36-32)39(27-17-8-3-9-18-27)31-22-11-20-29(37)35-31/h1-24H. The SMILES string of the molecule is c1ccc(P2c3cccc(n3)P(c3ccccc3)c3cccc(n3)P(c3ccccc3)c3cccc2n3)cc1. The van der Waals surface area contributed by atoms with Crippen molar-refractivity contribution in [2.45, 2.75) is 0 Å². The van der Waals surface area contributed by atoms with Crippen LogP contribution in [-0.2, 0) is 0 Å². The highest BCUT2D eigenvalue weighted by atomic mass is 31.1. The van der Waals surface area contributed by atoms with Gasteiger partial charge in [-0.3, -0.25) is 0 Å². The molecule has 6 heteroatoms. The molecular formula is C33H24N3P3. The van der Waals surface area contributed by atoms with Crippen LogP contribution in [0, 0.1) is 0 Å². The first kappa shape index (κ1) is 24.4. The van der Waals surface area contributed by atoms with E-state index >= 15 is 0 Å². The molecule has 0 spiro atoms. The first-order chi connectivity index (χ1) is 19.3. The summed E-state index contributed by atoms with van der Waals surface area (Å²) in [6, 6.07) is 51.7. The maximum atomic E-state index is 5.39. The monoisotopic (exact) mass is 555 g/mol. The molecule has 1 aliphatic heterocycles. The Morgan fingerprint density at radius 3 is 0.718 bits per heavy atom. The molecule has 0 amide bonds. The zero-order valence-corrected chi connectivity index (χ0v) is 23.7. The first-order valence-electron chi connectivity index (χ1n) is 12.8. The number of benzene rings is 3. The molecule has 0 saturated heterocycles. The summed E-state index contributed by atoms with van der Waals surface area (Å²) in [5.74, 6) is 0. The lowest BCUT2D eigenvalue weighted by atomic mass is 10.4. The molecule has 39 heavy (non-hydrogen) atoms. The van der Waals surface area contributed by atoms with Crippen molar-refractivity contribution in [2.75, 3.05) is 0 Å². The van der Waals surface area contributed by atoms with Crippen LogP contribution in [-0.4, -0.2) is 15.0 Å². The molecule has 0 saturated carbocycles. The van der Waals surface area contributed by atoms with Crippen molar-refractivity contribution in [2.24, 2.45) is 0 Å². The smallest absolute Gasteiger partial charge is 0.0745 e. The van der Waals surface area contributed by atoms with Crippen LogP contribution in [0.4, 0.5) is 0 Å². The van der Waals surface area contributed by atoms with Crippen LogP contribution in [0.15, 0.2) is 146 Å². The number of rotatable bonds is 3. The van der Waals surface area contributed by atoms with E-state index in [2.05, 4.69) is 146 Å². The van der Waals surface area contributed by atoms with Crippen LogP contribution in [0.3, 0.4) is 0 Å². The van der Waals surface area contributed by atoms with Crippen molar-refractivity contribution in [3.8, 4) is 0 Å². The molecule has 186 valence electrons. The normalized spacial score (nSPS) is 18.0. The Morgan fingerprint density at radius 2 is 0.487 bits per heavy atom. The Kier molecular flexibility index (Phi) is 6.82. The lowest BCUT2D eigenvalue weighted by Gasteiger charge is -2.25. The Hall–Kier alpha value is -3.60. The van der Waals surface area contributed by atoms with Gasteiger partial charge in [0.1, 0.15) is 0 Å². The van der Waals surface area contributed by atoms with Gasteiger partial charge in [0.05, 0.1) is 32.6 Å². The summed E-state index contributed by atoms with van der Waals surface area (Å²) >= 11 is 0. The highest BCUT2D eigenvalue weighted by molar-refractivity contribution is 7.81. The first-order valence-corrected chi connectivity index (χ1v) is 16.8. The molecule has 0 N–H and O–H groups in total. The molecule has 3 aromatic carbocycles. The summed E-state index contributed by atoms with van der Waals surface area (Å²) in [6.45, 7) is 0. The molecule has 0 radical (unpaired) electrons. The Morgan fingerprint density at radius 1 is 0.256 bits per heavy atom. The fourth-order valence-electron chi connectivity index (χ4n) is 4.86. The number of aromatic nitrogens is 3. The molecule has 0 fully saturated rings. The Balaban J connectivity index is 1.55. The van der Waals surface area contributed by atoms with Crippen LogP contribution >= 0.6 is 23.8 Å². The maximum Gasteiger partial charge on any atom is 0.0745 e. The number of fused-ring (bicyclic) bond motifs is 6. The maximum absolute atomic E-state index is 5.39. The zero-order chi connectivity index (χ0) is 26.0. The van der Waals surface area contributed by atoms with Gasteiger partial charge in [-0.15, -0.1) is 0 Å². The van der Waals surface area contributed by atoms with Crippen molar-refractivity contribution in [1.82, 2.24) is 15.0 Å². The molecule has 1 aliphatic rings. The van der Waals surface area contributed by atoms with Gasteiger partial charge < -0.3 is 0 Å². The minimum atomic E-state index is -0.940. The van der Waals surface area contributed by atoms with Crippen LogP contribution in [0.5, 0.6) is 0 Å². The van der Waals surface area contributed by atoms with Crippen LogP contribution < -0.4 is 48.5 Å². The summed E-state index contributed by atoms with van der Waals surface area (Å²) < 4.78 is 0. The van der Waals surface area contributed by atoms with Gasteiger partial charge in [-0.05, 0) is 52.3 Å². The quantitative estimate of drug-likeness (QED) is 0.314. The van der Waals surface area contributed by atoms with E-state index in [1.54, 1.807) is 0 Å². The van der Waals surface area contributed by atoms with Gasteiger partial charge in [-0.25, -0.2) is 15.0 Å².